The number of carbonyl (C=O) groups excluding carboxylic acids is 1. The summed E-state index contributed by atoms with van der Waals surface area (Å²) in [7, 11) is -0.525. The number of amides is 1. The van der Waals surface area contributed by atoms with Gasteiger partial charge in [0.2, 0.25) is 5.91 Å². The highest BCUT2D eigenvalue weighted by molar-refractivity contribution is 7.90. The van der Waals surface area contributed by atoms with E-state index in [1.54, 1.807) is 35.4 Å². The fourth-order valence-electron chi connectivity index (χ4n) is 2.93. The summed E-state index contributed by atoms with van der Waals surface area (Å²) in [6.07, 6.45) is 4.64. The SMILES string of the molecule is CNS(=O)(=O)Nc1ccc(/C=C/C(=O)N(C)Cc2sc3c(C)cccc3c2C)cn1. The van der Waals surface area contributed by atoms with Gasteiger partial charge in [0.15, 0.2) is 0 Å². The van der Waals surface area contributed by atoms with Crippen molar-refractivity contribution >= 4 is 49.4 Å². The molecule has 0 spiro atoms. The zero-order valence-electron chi connectivity index (χ0n) is 17.3. The van der Waals surface area contributed by atoms with E-state index in [1.165, 1.54) is 51.5 Å². The Morgan fingerprint density at radius 3 is 2.63 bits per heavy atom. The predicted molar refractivity (Wildman–Crippen MR) is 123 cm³/mol. The van der Waals surface area contributed by atoms with Crippen LogP contribution in [0.4, 0.5) is 5.82 Å². The van der Waals surface area contributed by atoms with Crippen LogP contribution in [0.15, 0.2) is 42.6 Å². The molecule has 1 amide bonds. The largest absolute Gasteiger partial charge is 0.337 e. The molecular weight excluding hydrogens is 420 g/mol. The number of hydrogen-bond acceptors (Lipinski definition) is 5. The standard InChI is InChI=1S/C21H24N4O3S2/c1-14-6-5-7-17-15(2)18(29-21(14)17)13-25(4)20(26)11-9-16-8-10-19(23-12-16)24-30(27,28)22-3/h5-12,22H,13H2,1-4H3,(H,23,24)/b11-9+. The molecule has 1 aromatic carbocycles. The summed E-state index contributed by atoms with van der Waals surface area (Å²) in [6.45, 7) is 4.73. The molecule has 0 atom stereocenters. The van der Waals surface area contributed by atoms with E-state index in [-0.39, 0.29) is 11.7 Å². The molecule has 9 heteroatoms. The first kappa shape index (κ1) is 21.9. The van der Waals surface area contributed by atoms with Crippen LogP contribution in [0.5, 0.6) is 0 Å². The van der Waals surface area contributed by atoms with Crippen molar-refractivity contribution in [2.75, 3.05) is 18.8 Å². The van der Waals surface area contributed by atoms with E-state index in [1.807, 2.05) is 0 Å². The lowest BCUT2D eigenvalue weighted by Crippen LogP contribution is -2.26. The number of thiophene rings is 1. The third-order valence-electron chi connectivity index (χ3n) is 4.73. The summed E-state index contributed by atoms with van der Waals surface area (Å²) < 4.78 is 28.6. The monoisotopic (exact) mass is 444 g/mol. The molecule has 0 saturated heterocycles. The van der Waals surface area contributed by atoms with Crippen LogP contribution in [-0.4, -0.2) is 38.3 Å². The van der Waals surface area contributed by atoms with Crippen LogP contribution in [0.1, 0.15) is 21.6 Å². The van der Waals surface area contributed by atoms with Gasteiger partial charge < -0.3 is 4.90 Å². The van der Waals surface area contributed by atoms with Gasteiger partial charge in [0.1, 0.15) is 5.82 Å². The number of pyridine rings is 1. The Morgan fingerprint density at radius 1 is 1.23 bits per heavy atom. The van der Waals surface area contributed by atoms with Gasteiger partial charge in [0.25, 0.3) is 10.2 Å². The lowest BCUT2D eigenvalue weighted by Gasteiger charge is -2.14. The number of aryl methyl sites for hydroxylation is 2. The van der Waals surface area contributed by atoms with E-state index in [0.717, 1.165) is 0 Å². The van der Waals surface area contributed by atoms with E-state index >= 15 is 0 Å². The zero-order valence-corrected chi connectivity index (χ0v) is 18.9. The van der Waals surface area contributed by atoms with Gasteiger partial charge >= 0.3 is 0 Å². The van der Waals surface area contributed by atoms with Crippen molar-refractivity contribution in [2.45, 2.75) is 20.4 Å². The minimum absolute atomic E-state index is 0.122. The maximum atomic E-state index is 12.5. The lowest BCUT2D eigenvalue weighted by atomic mass is 10.1. The summed E-state index contributed by atoms with van der Waals surface area (Å²) in [4.78, 5) is 19.4. The molecule has 158 valence electrons. The van der Waals surface area contributed by atoms with Crippen molar-refractivity contribution in [2.24, 2.45) is 0 Å². The first-order valence-electron chi connectivity index (χ1n) is 9.28. The summed E-state index contributed by atoms with van der Waals surface area (Å²) >= 11 is 1.73. The molecule has 0 radical (unpaired) electrons. The third kappa shape index (κ3) is 5.05. The van der Waals surface area contributed by atoms with Crippen LogP contribution in [0, 0.1) is 13.8 Å². The second-order valence-corrected chi connectivity index (χ2v) is 9.64. The molecule has 0 aliphatic rings. The van der Waals surface area contributed by atoms with E-state index in [0.29, 0.717) is 12.1 Å². The van der Waals surface area contributed by atoms with Crippen LogP contribution in [-0.2, 0) is 21.5 Å². The quantitative estimate of drug-likeness (QED) is 0.546. The Labute approximate surface area is 180 Å². The van der Waals surface area contributed by atoms with Gasteiger partial charge in [-0.2, -0.15) is 8.42 Å². The molecule has 0 aliphatic carbocycles. The van der Waals surface area contributed by atoms with E-state index < -0.39 is 10.2 Å². The van der Waals surface area contributed by atoms with Crippen molar-refractivity contribution in [3.8, 4) is 0 Å². The first-order chi connectivity index (χ1) is 14.2. The average molecular weight is 445 g/mol. The molecule has 30 heavy (non-hydrogen) atoms. The van der Waals surface area contributed by atoms with Crippen molar-refractivity contribution in [1.29, 1.82) is 0 Å². The predicted octanol–water partition coefficient (Wildman–Crippen LogP) is 3.46. The summed E-state index contributed by atoms with van der Waals surface area (Å²) in [5.74, 6) is 0.0732. The van der Waals surface area contributed by atoms with Crippen LogP contribution >= 0.6 is 11.3 Å². The van der Waals surface area contributed by atoms with Gasteiger partial charge in [-0.1, -0.05) is 18.2 Å². The smallest absolute Gasteiger partial charge is 0.300 e. The summed E-state index contributed by atoms with van der Waals surface area (Å²) in [6, 6.07) is 9.49. The van der Waals surface area contributed by atoms with Crippen LogP contribution in [0.25, 0.3) is 16.2 Å². The topological polar surface area (TPSA) is 91.4 Å². The molecule has 0 bridgehead atoms. The highest BCUT2D eigenvalue weighted by Crippen LogP contribution is 2.33. The average Bonchev–Trinajstić information content (AvgIpc) is 3.04. The number of fused-ring (bicyclic) bond motifs is 1. The van der Waals surface area contributed by atoms with Gasteiger partial charge in [0.05, 0.1) is 6.54 Å². The number of rotatable bonds is 7. The fourth-order valence-corrected chi connectivity index (χ4v) is 4.75. The van der Waals surface area contributed by atoms with Gasteiger partial charge in [0, 0.05) is 35.9 Å². The molecule has 3 aromatic rings. The van der Waals surface area contributed by atoms with E-state index in [4.69, 9.17) is 0 Å². The van der Waals surface area contributed by atoms with Crippen LogP contribution < -0.4 is 9.44 Å². The summed E-state index contributed by atoms with van der Waals surface area (Å²) in [5, 5.41) is 1.24. The molecule has 2 aromatic heterocycles. The van der Waals surface area contributed by atoms with Gasteiger partial charge in [-0.15, -0.1) is 11.3 Å². The maximum absolute atomic E-state index is 12.5. The van der Waals surface area contributed by atoms with Crippen molar-refractivity contribution < 1.29 is 13.2 Å². The molecule has 3 rings (SSSR count). The number of aromatic nitrogens is 1. The van der Waals surface area contributed by atoms with E-state index in [9.17, 15) is 13.2 Å². The molecular formula is C21H24N4O3S2. The number of nitrogens with zero attached hydrogens (tertiary/aromatic N) is 2. The molecule has 0 aliphatic heterocycles. The Morgan fingerprint density at radius 2 is 2.00 bits per heavy atom. The van der Waals surface area contributed by atoms with Gasteiger partial charge in [-0.25, -0.2) is 9.71 Å². The Hall–Kier alpha value is -2.75. The number of benzene rings is 1. The third-order valence-corrected chi connectivity index (χ3v) is 7.17. The zero-order chi connectivity index (χ0) is 21.9. The number of hydrogen-bond donors (Lipinski definition) is 2. The Kier molecular flexibility index (Phi) is 6.55. The fraction of sp³-hybridized carbons (Fsp3) is 0.238. The molecule has 2 N–H and O–H groups in total. The van der Waals surface area contributed by atoms with E-state index in [2.05, 4.69) is 46.5 Å². The highest BCUT2D eigenvalue weighted by Gasteiger charge is 2.14. The van der Waals surface area contributed by atoms with Gasteiger partial charge in [-0.3, -0.25) is 9.52 Å². The molecule has 7 nitrogen and oxygen atoms in total. The molecule has 0 saturated carbocycles. The lowest BCUT2D eigenvalue weighted by molar-refractivity contribution is -0.125. The second-order valence-electron chi connectivity index (χ2n) is 6.92. The minimum Gasteiger partial charge on any atom is -0.337 e. The molecule has 0 fully saturated rings. The highest BCUT2D eigenvalue weighted by atomic mass is 32.2. The number of likely N-dealkylation sites (N-methyl/N-ethyl adjacent to an activating group) is 1. The normalized spacial score (nSPS) is 11.9. The molecule has 2 heterocycles. The number of carbonyl (C=O) groups is 1. The van der Waals surface area contributed by atoms with Crippen LogP contribution in [0.3, 0.4) is 0 Å². The maximum Gasteiger partial charge on any atom is 0.300 e. The number of nitrogens with one attached hydrogen (secondary N) is 2. The first-order valence-corrected chi connectivity index (χ1v) is 11.6. The Bertz CT molecular complexity index is 1200. The minimum atomic E-state index is -3.61. The van der Waals surface area contributed by atoms with Gasteiger partial charge in [-0.05, 0) is 54.1 Å². The molecule has 0 unspecified atom stereocenters. The van der Waals surface area contributed by atoms with Crippen molar-refractivity contribution in [3.63, 3.8) is 0 Å². The van der Waals surface area contributed by atoms with Crippen molar-refractivity contribution in [3.05, 3.63) is 64.2 Å². The Balaban J connectivity index is 1.66. The van der Waals surface area contributed by atoms with Crippen LogP contribution in [0.2, 0.25) is 0 Å². The second kappa shape index (κ2) is 8.95. The summed E-state index contributed by atoms with van der Waals surface area (Å²) in [5.41, 5.74) is 3.15. The van der Waals surface area contributed by atoms with Crippen molar-refractivity contribution in [1.82, 2.24) is 14.6 Å². The number of anilines is 1.